The van der Waals surface area contributed by atoms with Crippen LogP contribution in [0.25, 0.3) is 0 Å². The molecule has 0 saturated carbocycles. The van der Waals surface area contributed by atoms with E-state index in [0.29, 0.717) is 0 Å². The van der Waals surface area contributed by atoms with Gasteiger partial charge in [-0.2, -0.15) is 0 Å². The van der Waals surface area contributed by atoms with Crippen LogP contribution < -0.4 is 0 Å². The largest absolute Gasteiger partial charge is 0.481 e. The summed E-state index contributed by atoms with van der Waals surface area (Å²) >= 11 is 0. The smallest absolute Gasteiger partial charge is 0.308 e. The quantitative estimate of drug-likeness (QED) is 0.354. The van der Waals surface area contributed by atoms with E-state index in [9.17, 15) is 24.0 Å². The third-order valence-electron chi connectivity index (χ3n) is 2.58. The summed E-state index contributed by atoms with van der Waals surface area (Å²) in [7, 11) is 0. The van der Waals surface area contributed by atoms with Crippen LogP contribution in [0.2, 0.25) is 0 Å². The van der Waals surface area contributed by atoms with Gasteiger partial charge in [-0.1, -0.05) is 0 Å². The summed E-state index contributed by atoms with van der Waals surface area (Å²) in [6, 6.07) is 0. The van der Waals surface area contributed by atoms with Gasteiger partial charge in [0.25, 0.3) is 0 Å². The van der Waals surface area contributed by atoms with Gasteiger partial charge in [-0.25, -0.2) is 0 Å². The summed E-state index contributed by atoms with van der Waals surface area (Å²) in [6.45, 7) is 0. The maximum Gasteiger partial charge on any atom is 0.308 e. The molecule has 0 aromatic carbocycles. The lowest BCUT2D eigenvalue weighted by atomic mass is 9.78. The van der Waals surface area contributed by atoms with Crippen LogP contribution in [0.5, 0.6) is 0 Å². The molecule has 0 bridgehead atoms. The molecule has 20 heavy (non-hydrogen) atoms. The fraction of sp³-hybridized carbons (Fsp3) is 0.500. The second-order valence-electron chi connectivity index (χ2n) is 3.95. The molecule has 0 radical (unpaired) electrons. The monoisotopic (exact) mass is 292 g/mol. The highest BCUT2D eigenvalue weighted by atomic mass is 16.4. The van der Waals surface area contributed by atoms with Crippen LogP contribution in [-0.2, 0) is 24.0 Å². The molecular weight excluding hydrogens is 280 g/mol. The summed E-state index contributed by atoms with van der Waals surface area (Å²) in [5.74, 6) is -15.1. The normalized spacial score (nSPS) is 14.8. The number of carboxylic acid groups (broad SMARTS) is 5. The van der Waals surface area contributed by atoms with E-state index in [1.165, 1.54) is 0 Å². The van der Waals surface area contributed by atoms with Gasteiger partial charge in [-0.3, -0.25) is 24.0 Å². The highest BCUT2D eigenvalue weighted by Gasteiger charge is 2.45. The molecule has 10 nitrogen and oxygen atoms in total. The molecule has 0 saturated heterocycles. The van der Waals surface area contributed by atoms with Gasteiger partial charge in [0.05, 0.1) is 30.6 Å². The molecule has 0 amide bonds. The predicted molar refractivity (Wildman–Crippen MR) is 57.9 cm³/mol. The lowest BCUT2D eigenvalue weighted by Crippen LogP contribution is -2.41. The van der Waals surface area contributed by atoms with Crippen molar-refractivity contribution in [3.63, 3.8) is 0 Å². The molecule has 2 atom stereocenters. The lowest BCUT2D eigenvalue weighted by Gasteiger charge is -2.23. The zero-order valence-electron chi connectivity index (χ0n) is 9.92. The Morgan fingerprint density at radius 3 is 1.05 bits per heavy atom. The van der Waals surface area contributed by atoms with Crippen LogP contribution >= 0.6 is 0 Å². The molecule has 0 aliphatic carbocycles. The van der Waals surface area contributed by atoms with Crippen molar-refractivity contribution in [2.24, 2.45) is 17.8 Å². The van der Waals surface area contributed by atoms with Gasteiger partial charge in [0.2, 0.25) is 0 Å². The number of carbonyl (C=O) groups is 5. The Kier molecular flexibility index (Phi) is 6.13. The Balaban J connectivity index is 5.59. The minimum Gasteiger partial charge on any atom is -0.481 e. The summed E-state index contributed by atoms with van der Waals surface area (Å²) in [6.07, 6.45) is -2.26. The van der Waals surface area contributed by atoms with Crippen molar-refractivity contribution in [1.29, 1.82) is 0 Å². The van der Waals surface area contributed by atoms with Gasteiger partial charge < -0.3 is 25.5 Å². The van der Waals surface area contributed by atoms with E-state index in [4.69, 9.17) is 25.5 Å². The third-order valence-corrected chi connectivity index (χ3v) is 2.58. The average Bonchev–Trinajstić information content (AvgIpc) is 2.24. The van der Waals surface area contributed by atoms with Crippen molar-refractivity contribution in [3.8, 4) is 0 Å². The van der Waals surface area contributed by atoms with Crippen molar-refractivity contribution in [2.75, 3.05) is 0 Å². The molecule has 0 aliphatic heterocycles. The van der Waals surface area contributed by atoms with Crippen molar-refractivity contribution in [2.45, 2.75) is 12.8 Å². The SMILES string of the molecule is O=C(O)CC(C(=O)O)C(C(=O)O)C(CC(=O)O)C(=O)O. The second-order valence-corrected chi connectivity index (χ2v) is 3.95. The number of carboxylic acids is 5. The summed E-state index contributed by atoms with van der Waals surface area (Å²) in [4.78, 5) is 54.0. The zero-order chi connectivity index (χ0) is 16.0. The number of hydrogen-bond acceptors (Lipinski definition) is 5. The molecule has 0 aromatic heterocycles. The van der Waals surface area contributed by atoms with Crippen molar-refractivity contribution in [3.05, 3.63) is 0 Å². The summed E-state index contributed by atoms with van der Waals surface area (Å²) < 4.78 is 0. The van der Waals surface area contributed by atoms with Crippen LogP contribution in [0.3, 0.4) is 0 Å². The number of aliphatic carboxylic acids is 5. The molecule has 112 valence electrons. The van der Waals surface area contributed by atoms with E-state index in [1.54, 1.807) is 0 Å². The first-order valence-corrected chi connectivity index (χ1v) is 5.19. The topological polar surface area (TPSA) is 186 Å². The maximum atomic E-state index is 11.0. The van der Waals surface area contributed by atoms with Gasteiger partial charge in [-0.05, 0) is 0 Å². The molecule has 0 aromatic rings. The van der Waals surface area contributed by atoms with E-state index in [2.05, 4.69) is 0 Å². The fourth-order valence-corrected chi connectivity index (χ4v) is 1.74. The Bertz CT molecular complexity index is 405. The van der Waals surface area contributed by atoms with Crippen LogP contribution in [0.15, 0.2) is 0 Å². The summed E-state index contributed by atoms with van der Waals surface area (Å²) in [5, 5.41) is 43.7. The van der Waals surface area contributed by atoms with E-state index in [1.807, 2.05) is 0 Å². The minimum atomic E-state index is -2.17. The van der Waals surface area contributed by atoms with Crippen LogP contribution in [-0.4, -0.2) is 55.4 Å². The number of rotatable bonds is 9. The van der Waals surface area contributed by atoms with Crippen molar-refractivity contribution >= 4 is 29.8 Å². The fourth-order valence-electron chi connectivity index (χ4n) is 1.74. The highest BCUT2D eigenvalue weighted by Crippen LogP contribution is 2.28. The first-order chi connectivity index (χ1) is 9.07. The minimum absolute atomic E-state index is 1.13. The maximum absolute atomic E-state index is 11.0. The second kappa shape index (κ2) is 7.07. The molecule has 0 aliphatic rings. The third kappa shape index (κ3) is 4.92. The van der Waals surface area contributed by atoms with Gasteiger partial charge >= 0.3 is 29.8 Å². The Morgan fingerprint density at radius 2 is 0.900 bits per heavy atom. The van der Waals surface area contributed by atoms with E-state index >= 15 is 0 Å². The molecule has 0 rings (SSSR count). The molecular formula is C10H12O10. The zero-order valence-corrected chi connectivity index (χ0v) is 9.92. The molecule has 10 heteroatoms. The Hall–Kier alpha value is -2.65. The average molecular weight is 292 g/mol. The van der Waals surface area contributed by atoms with Crippen molar-refractivity contribution in [1.82, 2.24) is 0 Å². The van der Waals surface area contributed by atoms with Gasteiger partial charge in [-0.15, -0.1) is 0 Å². The highest BCUT2D eigenvalue weighted by molar-refractivity contribution is 5.89. The van der Waals surface area contributed by atoms with Crippen molar-refractivity contribution < 1.29 is 49.5 Å². The predicted octanol–water partition coefficient (Wildman–Crippen LogP) is -0.962. The lowest BCUT2D eigenvalue weighted by molar-refractivity contribution is -0.166. The Labute approximate surface area is 111 Å². The number of hydrogen-bond donors (Lipinski definition) is 5. The van der Waals surface area contributed by atoms with E-state index in [-0.39, 0.29) is 0 Å². The van der Waals surface area contributed by atoms with Crippen LogP contribution in [0.4, 0.5) is 0 Å². The van der Waals surface area contributed by atoms with Gasteiger partial charge in [0.15, 0.2) is 0 Å². The molecule has 0 spiro atoms. The first kappa shape index (κ1) is 17.4. The summed E-state index contributed by atoms with van der Waals surface area (Å²) in [5.41, 5.74) is 0. The van der Waals surface area contributed by atoms with Crippen LogP contribution in [0, 0.1) is 17.8 Å². The first-order valence-electron chi connectivity index (χ1n) is 5.19. The molecule has 2 unspecified atom stereocenters. The van der Waals surface area contributed by atoms with Gasteiger partial charge in [0, 0.05) is 0 Å². The molecule has 0 heterocycles. The Morgan fingerprint density at radius 1 is 0.600 bits per heavy atom. The van der Waals surface area contributed by atoms with E-state index in [0.717, 1.165) is 0 Å². The molecule has 5 N–H and O–H groups in total. The van der Waals surface area contributed by atoms with Crippen LogP contribution in [0.1, 0.15) is 12.8 Å². The standard InChI is InChI=1S/C10H12O10/c11-5(12)1-3(8(15)16)7(10(19)20)4(9(17)18)2-6(13)14/h3-4,7H,1-2H2,(H,11,12)(H,13,14)(H,15,16)(H,17,18)(H,19,20). The molecule has 0 fully saturated rings. The van der Waals surface area contributed by atoms with Gasteiger partial charge in [0.1, 0.15) is 0 Å². The van der Waals surface area contributed by atoms with E-state index < -0.39 is 60.4 Å².